The van der Waals surface area contributed by atoms with Gasteiger partial charge in [-0.25, -0.2) is 4.39 Å². The molecular weight excluding hydrogens is 339 g/mol. The number of fused-ring (bicyclic) bond motifs is 3. The standard InChI is InChI=1S/C20H22ClFN2O/c1-23-11-14-7-8-15-18(12-5-3-2-4-6-12)24-19-16(20(15)25-14)9-13(21)10-17(19)22/h2-6,9-10,14-15,18,20,23-24H,7-8,11H2,1H3/t14-,15?,18?,20+/m1/s1. The normalized spacial score (nSPS) is 28.0. The molecule has 0 radical (unpaired) electrons. The first-order valence-electron chi connectivity index (χ1n) is 8.78. The van der Waals surface area contributed by atoms with Crippen molar-refractivity contribution in [2.24, 2.45) is 5.92 Å². The fraction of sp³-hybridized carbons (Fsp3) is 0.400. The summed E-state index contributed by atoms with van der Waals surface area (Å²) in [6.45, 7) is 0.797. The van der Waals surface area contributed by atoms with Crippen LogP contribution in [0.25, 0.3) is 0 Å². The van der Waals surface area contributed by atoms with Crippen molar-refractivity contribution in [3.63, 3.8) is 0 Å². The maximum absolute atomic E-state index is 14.6. The summed E-state index contributed by atoms with van der Waals surface area (Å²) in [5, 5.41) is 7.02. The summed E-state index contributed by atoms with van der Waals surface area (Å²) in [7, 11) is 1.93. The van der Waals surface area contributed by atoms with Crippen molar-refractivity contribution in [3.8, 4) is 0 Å². The quantitative estimate of drug-likeness (QED) is 0.832. The van der Waals surface area contributed by atoms with Crippen molar-refractivity contribution in [1.29, 1.82) is 0 Å². The molecule has 0 amide bonds. The van der Waals surface area contributed by atoms with Crippen molar-refractivity contribution in [2.75, 3.05) is 18.9 Å². The predicted octanol–water partition coefficient (Wildman–Crippen LogP) is 4.70. The fourth-order valence-corrected chi connectivity index (χ4v) is 4.37. The molecular formula is C20H22ClFN2O. The average Bonchev–Trinajstić information content (AvgIpc) is 2.62. The van der Waals surface area contributed by atoms with Crippen molar-refractivity contribution in [2.45, 2.75) is 31.1 Å². The second-order valence-electron chi connectivity index (χ2n) is 6.86. The van der Waals surface area contributed by atoms with E-state index in [0.717, 1.165) is 30.5 Å². The molecule has 4 atom stereocenters. The van der Waals surface area contributed by atoms with Crippen LogP contribution in [0.1, 0.15) is 36.1 Å². The van der Waals surface area contributed by atoms with E-state index in [1.807, 2.05) is 31.3 Å². The molecule has 1 fully saturated rings. The monoisotopic (exact) mass is 360 g/mol. The first-order valence-corrected chi connectivity index (χ1v) is 9.15. The third-order valence-corrected chi connectivity index (χ3v) is 5.48. The van der Waals surface area contributed by atoms with E-state index in [1.54, 1.807) is 0 Å². The molecule has 4 rings (SSSR count). The maximum atomic E-state index is 14.6. The number of likely N-dealkylation sites (N-methyl/N-ethyl adjacent to an activating group) is 1. The zero-order chi connectivity index (χ0) is 17.4. The number of nitrogens with one attached hydrogen (secondary N) is 2. The Hall–Kier alpha value is -1.62. The Bertz CT molecular complexity index is 755. The van der Waals surface area contributed by atoms with Crippen LogP contribution in [0.3, 0.4) is 0 Å². The van der Waals surface area contributed by atoms with Gasteiger partial charge in [0.05, 0.1) is 23.9 Å². The number of ether oxygens (including phenoxy) is 1. The van der Waals surface area contributed by atoms with Crippen LogP contribution in [0.5, 0.6) is 0 Å². The Balaban J connectivity index is 1.77. The van der Waals surface area contributed by atoms with Crippen LogP contribution in [0.4, 0.5) is 10.1 Å². The van der Waals surface area contributed by atoms with Crippen LogP contribution in [0.15, 0.2) is 42.5 Å². The van der Waals surface area contributed by atoms with E-state index in [4.69, 9.17) is 16.3 Å². The van der Waals surface area contributed by atoms with Gasteiger partial charge in [-0.15, -0.1) is 0 Å². The lowest BCUT2D eigenvalue weighted by Crippen LogP contribution is -2.41. The number of rotatable bonds is 3. The van der Waals surface area contributed by atoms with Gasteiger partial charge in [-0.05, 0) is 37.6 Å². The lowest BCUT2D eigenvalue weighted by atomic mass is 9.76. The lowest BCUT2D eigenvalue weighted by Gasteiger charge is -2.45. The minimum absolute atomic E-state index is 0.0323. The first-order chi connectivity index (χ1) is 12.2. The number of benzene rings is 2. The summed E-state index contributed by atoms with van der Waals surface area (Å²) < 4.78 is 21.0. The highest BCUT2D eigenvalue weighted by Crippen LogP contribution is 2.51. The molecule has 2 aliphatic heterocycles. The summed E-state index contributed by atoms with van der Waals surface area (Å²) in [5.41, 5.74) is 2.51. The van der Waals surface area contributed by atoms with Gasteiger partial charge in [-0.2, -0.15) is 0 Å². The molecule has 5 heteroatoms. The molecule has 2 aliphatic rings. The summed E-state index contributed by atoms with van der Waals surface area (Å²) in [4.78, 5) is 0. The van der Waals surface area contributed by atoms with Crippen LogP contribution in [0.2, 0.25) is 5.02 Å². The van der Waals surface area contributed by atoms with Gasteiger partial charge >= 0.3 is 0 Å². The van der Waals surface area contributed by atoms with Gasteiger partial charge in [0, 0.05) is 23.0 Å². The topological polar surface area (TPSA) is 33.3 Å². The second-order valence-corrected chi connectivity index (χ2v) is 7.30. The number of hydrogen-bond donors (Lipinski definition) is 2. The van der Waals surface area contributed by atoms with E-state index in [9.17, 15) is 4.39 Å². The Morgan fingerprint density at radius 3 is 2.80 bits per heavy atom. The smallest absolute Gasteiger partial charge is 0.148 e. The molecule has 0 aromatic heterocycles. The predicted molar refractivity (Wildman–Crippen MR) is 98.5 cm³/mol. The van der Waals surface area contributed by atoms with E-state index >= 15 is 0 Å². The Kier molecular flexibility index (Phi) is 4.67. The van der Waals surface area contributed by atoms with Gasteiger partial charge in [0.2, 0.25) is 0 Å². The Labute approximate surface area is 152 Å². The van der Waals surface area contributed by atoms with Gasteiger partial charge in [0.25, 0.3) is 0 Å². The highest BCUT2D eigenvalue weighted by atomic mass is 35.5. The highest BCUT2D eigenvalue weighted by molar-refractivity contribution is 6.30. The van der Waals surface area contributed by atoms with Gasteiger partial charge in [0.15, 0.2) is 0 Å². The SMILES string of the molecule is CNC[C@H]1CCC2C(c3ccccc3)Nc3c(F)cc(Cl)cc3[C@H]2O1. The number of hydrogen-bond acceptors (Lipinski definition) is 3. The minimum atomic E-state index is -0.318. The molecule has 3 nitrogen and oxygen atoms in total. The molecule has 25 heavy (non-hydrogen) atoms. The molecule has 2 N–H and O–H groups in total. The zero-order valence-corrected chi connectivity index (χ0v) is 14.9. The summed E-state index contributed by atoms with van der Waals surface area (Å²) in [6, 6.07) is 13.5. The molecule has 0 saturated carbocycles. The summed E-state index contributed by atoms with van der Waals surface area (Å²) in [5.74, 6) is -0.0675. The van der Waals surface area contributed by atoms with Crippen molar-refractivity contribution in [1.82, 2.24) is 5.32 Å². The largest absolute Gasteiger partial charge is 0.375 e. The molecule has 2 heterocycles. The van der Waals surface area contributed by atoms with E-state index in [1.165, 1.54) is 6.07 Å². The lowest BCUT2D eigenvalue weighted by molar-refractivity contribution is -0.0912. The number of halogens is 2. The molecule has 2 aromatic carbocycles. The highest BCUT2D eigenvalue weighted by Gasteiger charge is 2.43. The average molecular weight is 361 g/mol. The van der Waals surface area contributed by atoms with Crippen LogP contribution in [0, 0.1) is 11.7 Å². The summed E-state index contributed by atoms with van der Waals surface area (Å²) >= 11 is 6.13. The van der Waals surface area contributed by atoms with Crippen LogP contribution in [-0.2, 0) is 4.74 Å². The second kappa shape index (κ2) is 6.94. The molecule has 2 aromatic rings. The zero-order valence-electron chi connectivity index (χ0n) is 14.1. The van der Waals surface area contributed by atoms with Gasteiger partial charge in [-0.1, -0.05) is 41.9 Å². The Morgan fingerprint density at radius 2 is 2.04 bits per heavy atom. The van der Waals surface area contributed by atoms with E-state index < -0.39 is 0 Å². The molecule has 0 spiro atoms. The molecule has 0 bridgehead atoms. The molecule has 2 unspecified atom stereocenters. The van der Waals surface area contributed by atoms with E-state index in [0.29, 0.717) is 10.7 Å². The number of anilines is 1. The van der Waals surface area contributed by atoms with Crippen molar-refractivity contribution >= 4 is 17.3 Å². The third-order valence-electron chi connectivity index (χ3n) is 5.26. The van der Waals surface area contributed by atoms with Gasteiger partial charge in [0.1, 0.15) is 5.82 Å². The van der Waals surface area contributed by atoms with Gasteiger partial charge < -0.3 is 15.4 Å². The molecule has 0 aliphatic carbocycles. The maximum Gasteiger partial charge on any atom is 0.148 e. The summed E-state index contributed by atoms with van der Waals surface area (Å²) in [6.07, 6.45) is 2.00. The van der Waals surface area contributed by atoms with Crippen molar-refractivity contribution < 1.29 is 9.13 Å². The van der Waals surface area contributed by atoms with Crippen molar-refractivity contribution in [3.05, 3.63) is 64.4 Å². The molecule has 132 valence electrons. The first kappa shape index (κ1) is 16.8. The Morgan fingerprint density at radius 1 is 1.24 bits per heavy atom. The van der Waals surface area contributed by atoms with E-state index in [2.05, 4.69) is 22.8 Å². The molecule has 1 saturated heterocycles. The van der Waals surface area contributed by atoms with Crippen LogP contribution >= 0.6 is 11.6 Å². The van der Waals surface area contributed by atoms with Gasteiger partial charge in [-0.3, -0.25) is 0 Å². The fourth-order valence-electron chi connectivity index (χ4n) is 4.15. The van der Waals surface area contributed by atoms with Crippen LogP contribution < -0.4 is 10.6 Å². The minimum Gasteiger partial charge on any atom is -0.375 e. The third kappa shape index (κ3) is 3.14. The van der Waals surface area contributed by atoms with Crippen LogP contribution in [-0.4, -0.2) is 19.7 Å². The van der Waals surface area contributed by atoms with E-state index in [-0.39, 0.29) is 30.0 Å².